The van der Waals surface area contributed by atoms with Gasteiger partial charge in [0, 0.05) is 11.4 Å². The number of allylic oxidation sites excluding steroid dienone is 1. The standard InChI is InChI=1S/C21H27N2/c1-14-9-7-10-15(2)20(14)22-18(5)13-19(6)23-21-16(3)11-8-12-17(21)4/h7-13,22-23H,1-6H3/q-1/b18-13+. The Bertz CT molecular complexity index is 673. The second-order valence-corrected chi connectivity index (χ2v) is 6.29. The zero-order chi connectivity index (χ0) is 17.0. The van der Waals surface area contributed by atoms with Gasteiger partial charge in [0.05, 0.1) is 0 Å². The lowest BCUT2D eigenvalue weighted by molar-refractivity contribution is 1.16. The molecule has 2 aromatic carbocycles. The van der Waals surface area contributed by atoms with E-state index < -0.39 is 0 Å². The van der Waals surface area contributed by atoms with Crippen molar-refractivity contribution in [3.05, 3.63) is 76.5 Å². The van der Waals surface area contributed by atoms with Crippen LogP contribution in [0.25, 0.3) is 0 Å². The highest BCUT2D eigenvalue weighted by molar-refractivity contribution is 5.62. The van der Waals surface area contributed by atoms with Gasteiger partial charge in [0.15, 0.2) is 0 Å². The molecule has 122 valence electrons. The number of rotatable bonds is 5. The molecule has 0 atom stereocenters. The van der Waals surface area contributed by atoms with Crippen molar-refractivity contribution in [1.29, 1.82) is 0 Å². The van der Waals surface area contributed by atoms with E-state index in [9.17, 15) is 0 Å². The van der Waals surface area contributed by atoms with E-state index in [0.29, 0.717) is 0 Å². The Morgan fingerprint density at radius 3 is 1.74 bits per heavy atom. The maximum atomic E-state index is 3.52. The van der Waals surface area contributed by atoms with Crippen LogP contribution >= 0.6 is 0 Å². The first kappa shape index (κ1) is 17.0. The van der Waals surface area contributed by atoms with E-state index in [1.165, 1.54) is 33.6 Å². The molecule has 0 unspecified atom stereocenters. The number of benzene rings is 2. The maximum absolute atomic E-state index is 3.52. The Morgan fingerprint density at radius 1 is 0.826 bits per heavy atom. The minimum absolute atomic E-state index is 1.12. The van der Waals surface area contributed by atoms with Crippen molar-refractivity contribution in [3.63, 3.8) is 0 Å². The van der Waals surface area contributed by atoms with Crippen molar-refractivity contribution in [2.75, 3.05) is 10.6 Å². The molecule has 2 aromatic rings. The summed E-state index contributed by atoms with van der Waals surface area (Å²) in [6.45, 7) is 12.7. The molecule has 2 nitrogen and oxygen atoms in total. The van der Waals surface area contributed by atoms with Gasteiger partial charge in [-0.2, -0.15) is 6.08 Å². The summed E-state index contributed by atoms with van der Waals surface area (Å²) in [6, 6.07) is 13.8. The number of aryl methyl sites for hydroxylation is 4. The highest BCUT2D eigenvalue weighted by atomic mass is 14.9. The average molecular weight is 307 g/mol. The van der Waals surface area contributed by atoms with Crippen molar-refractivity contribution in [2.24, 2.45) is 0 Å². The van der Waals surface area contributed by atoms with Crippen LogP contribution in [0.1, 0.15) is 36.1 Å². The first-order valence-electron chi connectivity index (χ1n) is 8.07. The summed E-state index contributed by atoms with van der Waals surface area (Å²) in [5.74, 6) is 0. The SMILES string of the molecule is C/C(=C\[C-](C)Nc1c(C)cccc1C)Nc1c(C)cccc1C. The molecule has 0 spiro atoms. The Hall–Kier alpha value is -2.35. The second-order valence-electron chi connectivity index (χ2n) is 6.29. The van der Waals surface area contributed by atoms with E-state index in [-0.39, 0.29) is 0 Å². The van der Waals surface area contributed by atoms with Crippen LogP contribution in [0.15, 0.2) is 48.2 Å². The molecule has 0 aromatic heterocycles. The fourth-order valence-electron chi connectivity index (χ4n) is 2.81. The molecule has 0 amide bonds. The van der Waals surface area contributed by atoms with Crippen LogP contribution < -0.4 is 10.6 Å². The second kappa shape index (κ2) is 7.28. The monoisotopic (exact) mass is 307 g/mol. The van der Waals surface area contributed by atoms with Gasteiger partial charge >= 0.3 is 0 Å². The van der Waals surface area contributed by atoms with Crippen LogP contribution in [0.3, 0.4) is 0 Å². The average Bonchev–Trinajstić information content (AvgIpc) is 2.47. The van der Waals surface area contributed by atoms with Gasteiger partial charge < -0.3 is 10.6 Å². The molecule has 0 aliphatic rings. The molecule has 0 aliphatic carbocycles. The smallest absolute Gasteiger partial charge is 0.0280 e. The van der Waals surface area contributed by atoms with Crippen molar-refractivity contribution in [3.8, 4) is 0 Å². The third kappa shape index (κ3) is 4.32. The summed E-state index contributed by atoms with van der Waals surface area (Å²) in [6.07, 6.45) is 2.15. The van der Waals surface area contributed by atoms with E-state index >= 15 is 0 Å². The zero-order valence-corrected chi connectivity index (χ0v) is 15.0. The molecular weight excluding hydrogens is 280 g/mol. The van der Waals surface area contributed by atoms with Crippen molar-refractivity contribution >= 4 is 11.4 Å². The van der Waals surface area contributed by atoms with Crippen LogP contribution in [0.5, 0.6) is 0 Å². The number of anilines is 2. The third-order valence-corrected chi connectivity index (χ3v) is 4.04. The molecule has 0 saturated heterocycles. The van der Waals surface area contributed by atoms with Crippen molar-refractivity contribution in [1.82, 2.24) is 0 Å². The zero-order valence-electron chi connectivity index (χ0n) is 15.0. The summed E-state index contributed by atoms with van der Waals surface area (Å²) in [7, 11) is 0. The van der Waals surface area contributed by atoms with E-state index in [2.05, 4.69) is 94.7 Å². The molecule has 2 N–H and O–H groups in total. The Balaban J connectivity index is 2.11. The molecule has 2 heteroatoms. The minimum Gasteiger partial charge on any atom is -0.437 e. The van der Waals surface area contributed by atoms with E-state index in [1.54, 1.807) is 0 Å². The summed E-state index contributed by atoms with van der Waals surface area (Å²) in [5.41, 5.74) is 8.56. The van der Waals surface area contributed by atoms with Crippen LogP contribution in [-0.2, 0) is 0 Å². The van der Waals surface area contributed by atoms with Crippen LogP contribution in [-0.4, -0.2) is 0 Å². The largest absolute Gasteiger partial charge is 0.437 e. The van der Waals surface area contributed by atoms with Crippen molar-refractivity contribution < 1.29 is 0 Å². The topological polar surface area (TPSA) is 24.1 Å². The third-order valence-electron chi connectivity index (χ3n) is 4.04. The van der Waals surface area contributed by atoms with Crippen molar-refractivity contribution in [2.45, 2.75) is 41.5 Å². The molecule has 0 bridgehead atoms. The van der Waals surface area contributed by atoms with Gasteiger partial charge in [0.2, 0.25) is 0 Å². The molecule has 0 radical (unpaired) electrons. The lowest BCUT2D eigenvalue weighted by atomic mass is 10.1. The Labute approximate surface area is 140 Å². The molecule has 2 rings (SSSR count). The maximum Gasteiger partial charge on any atom is 0.0280 e. The van der Waals surface area contributed by atoms with E-state index in [4.69, 9.17) is 0 Å². The first-order chi connectivity index (χ1) is 10.9. The van der Waals surface area contributed by atoms with Crippen LogP contribution in [0.4, 0.5) is 11.4 Å². The summed E-state index contributed by atoms with van der Waals surface area (Å²) in [5, 5.41) is 7.05. The lowest BCUT2D eigenvalue weighted by Gasteiger charge is -2.26. The van der Waals surface area contributed by atoms with Gasteiger partial charge in [-0.1, -0.05) is 50.2 Å². The van der Waals surface area contributed by atoms with Gasteiger partial charge in [-0.15, -0.1) is 11.7 Å². The lowest BCUT2D eigenvalue weighted by Crippen LogP contribution is -2.09. The molecule has 23 heavy (non-hydrogen) atoms. The van der Waals surface area contributed by atoms with Gasteiger partial charge in [0.25, 0.3) is 0 Å². The predicted octanol–water partition coefficient (Wildman–Crippen LogP) is 5.90. The minimum atomic E-state index is 1.12. The van der Waals surface area contributed by atoms with Gasteiger partial charge in [0.1, 0.15) is 0 Å². The highest BCUT2D eigenvalue weighted by Gasteiger charge is 2.01. The Kier molecular flexibility index (Phi) is 5.38. The van der Waals surface area contributed by atoms with E-state index in [0.717, 1.165) is 11.7 Å². The molecule has 0 saturated carbocycles. The molecule has 0 heterocycles. The molecular formula is C21H27N2-. The van der Waals surface area contributed by atoms with Gasteiger partial charge in [-0.25, -0.2) is 0 Å². The van der Waals surface area contributed by atoms with E-state index in [1.807, 2.05) is 0 Å². The number of para-hydroxylation sites is 2. The summed E-state index contributed by atoms with van der Waals surface area (Å²) < 4.78 is 0. The highest BCUT2D eigenvalue weighted by Crippen LogP contribution is 2.24. The quantitative estimate of drug-likeness (QED) is 0.672. The number of nitrogens with one attached hydrogen (secondary N) is 2. The molecule has 0 fully saturated rings. The fraction of sp³-hybridized carbons (Fsp3) is 0.286. The number of hydrogen-bond donors (Lipinski definition) is 2. The normalized spacial score (nSPS) is 11.3. The van der Waals surface area contributed by atoms with Gasteiger partial charge in [-0.05, 0) is 49.9 Å². The number of hydrogen-bond acceptors (Lipinski definition) is 2. The first-order valence-corrected chi connectivity index (χ1v) is 8.07. The Morgan fingerprint density at radius 2 is 1.26 bits per heavy atom. The van der Waals surface area contributed by atoms with Crippen LogP contribution in [0, 0.1) is 33.7 Å². The predicted molar refractivity (Wildman–Crippen MR) is 102 cm³/mol. The molecule has 0 aliphatic heterocycles. The fourth-order valence-corrected chi connectivity index (χ4v) is 2.81. The summed E-state index contributed by atoms with van der Waals surface area (Å²) >= 11 is 0. The van der Waals surface area contributed by atoms with Gasteiger partial charge in [-0.3, -0.25) is 0 Å². The van der Waals surface area contributed by atoms with Crippen LogP contribution in [0.2, 0.25) is 0 Å². The summed E-state index contributed by atoms with van der Waals surface area (Å²) in [4.78, 5) is 0.